The molecule has 2 N–H and O–H groups in total. The Hall–Kier alpha value is -2.94. The van der Waals surface area contributed by atoms with Crippen LogP contribution in [0.4, 0.5) is 23.0 Å². The van der Waals surface area contributed by atoms with Gasteiger partial charge in [-0.2, -0.15) is 0 Å². The molecule has 0 amide bonds. The van der Waals surface area contributed by atoms with E-state index in [-0.39, 0.29) is 17.3 Å². The number of hydrogen-bond acceptors (Lipinski definition) is 8. The number of nitrogens with one attached hydrogen (secondary N) is 2. The van der Waals surface area contributed by atoms with Crippen molar-refractivity contribution in [2.24, 2.45) is 0 Å². The Morgan fingerprint density at radius 3 is 2.56 bits per heavy atom. The van der Waals surface area contributed by atoms with Gasteiger partial charge in [-0.25, -0.2) is 9.97 Å². The van der Waals surface area contributed by atoms with E-state index in [2.05, 4.69) is 20.6 Å². The fraction of sp³-hybridized carbons (Fsp3) is 0.375. The second-order valence-corrected chi connectivity index (χ2v) is 5.03. The molecule has 2 rings (SSSR count). The van der Waals surface area contributed by atoms with Gasteiger partial charge in [0.1, 0.15) is 12.1 Å². The Bertz CT molecular complexity index is 693. The summed E-state index contributed by atoms with van der Waals surface area (Å²) in [6.07, 6.45) is 1.99. The van der Waals surface area contributed by atoms with E-state index < -0.39 is 4.92 Å². The fourth-order valence-corrected chi connectivity index (χ4v) is 2.13. The van der Waals surface area contributed by atoms with Crippen LogP contribution < -0.4 is 15.4 Å². The number of rotatable bonds is 10. The predicted octanol–water partition coefficient (Wildman–Crippen LogP) is 2.98. The zero-order valence-electron chi connectivity index (χ0n) is 14.2. The maximum Gasteiger partial charge on any atom is 0.353 e. The highest BCUT2D eigenvalue weighted by Crippen LogP contribution is 2.31. The van der Waals surface area contributed by atoms with E-state index >= 15 is 0 Å². The monoisotopic (exact) mass is 347 g/mol. The predicted molar refractivity (Wildman–Crippen MR) is 94.6 cm³/mol. The van der Waals surface area contributed by atoms with Crippen LogP contribution in [0.1, 0.15) is 13.3 Å². The molecule has 0 atom stereocenters. The van der Waals surface area contributed by atoms with Crippen molar-refractivity contribution in [1.29, 1.82) is 0 Å². The normalized spacial score (nSPS) is 10.3. The first-order valence-electron chi connectivity index (χ1n) is 7.87. The molecule has 0 radical (unpaired) electrons. The molecule has 2 aromatic rings. The molecule has 134 valence electrons. The van der Waals surface area contributed by atoms with E-state index in [0.29, 0.717) is 31.9 Å². The highest BCUT2D eigenvalue weighted by Gasteiger charge is 2.22. The van der Waals surface area contributed by atoms with Crippen LogP contribution in [-0.4, -0.2) is 41.8 Å². The number of nitro groups is 1. The van der Waals surface area contributed by atoms with Gasteiger partial charge in [0.15, 0.2) is 0 Å². The van der Waals surface area contributed by atoms with Crippen LogP contribution in [-0.2, 0) is 4.74 Å². The summed E-state index contributed by atoms with van der Waals surface area (Å²) >= 11 is 0. The Balaban J connectivity index is 2.17. The van der Waals surface area contributed by atoms with Crippen molar-refractivity contribution in [3.8, 4) is 5.75 Å². The lowest BCUT2D eigenvalue weighted by Gasteiger charge is -2.10. The highest BCUT2D eigenvalue weighted by atomic mass is 16.6. The van der Waals surface area contributed by atoms with Crippen molar-refractivity contribution in [3.05, 3.63) is 40.7 Å². The minimum Gasteiger partial charge on any atom is -0.494 e. The first-order chi connectivity index (χ1) is 12.2. The lowest BCUT2D eigenvalue weighted by atomic mass is 10.3. The van der Waals surface area contributed by atoms with E-state index in [0.717, 1.165) is 5.75 Å². The number of hydrogen-bond donors (Lipinski definition) is 2. The minimum atomic E-state index is -0.504. The van der Waals surface area contributed by atoms with Crippen LogP contribution in [0.5, 0.6) is 5.75 Å². The van der Waals surface area contributed by atoms with Gasteiger partial charge in [-0.3, -0.25) is 10.1 Å². The first-order valence-corrected chi connectivity index (χ1v) is 7.87. The molecule has 1 aromatic carbocycles. The lowest BCUT2D eigenvalue weighted by molar-refractivity contribution is -0.383. The van der Waals surface area contributed by atoms with E-state index in [4.69, 9.17) is 9.47 Å². The number of anilines is 3. The van der Waals surface area contributed by atoms with Crippen molar-refractivity contribution in [2.45, 2.75) is 13.3 Å². The standard InChI is InChI=1S/C16H21N5O4/c1-3-25-13-7-5-12(6-8-13)20-16-14(21(22)23)15(18-11-19-16)17-9-4-10-24-2/h5-8,11H,3-4,9-10H2,1-2H3,(H2,17,18,19,20). The van der Waals surface area contributed by atoms with Crippen LogP contribution in [0, 0.1) is 10.1 Å². The van der Waals surface area contributed by atoms with Gasteiger partial charge in [0, 0.05) is 25.9 Å². The van der Waals surface area contributed by atoms with Gasteiger partial charge >= 0.3 is 5.69 Å². The summed E-state index contributed by atoms with van der Waals surface area (Å²) in [5, 5.41) is 17.4. The topological polar surface area (TPSA) is 111 Å². The zero-order valence-corrected chi connectivity index (χ0v) is 14.2. The number of methoxy groups -OCH3 is 1. The fourth-order valence-electron chi connectivity index (χ4n) is 2.13. The molecular weight excluding hydrogens is 326 g/mol. The van der Waals surface area contributed by atoms with Gasteiger partial charge in [0.25, 0.3) is 0 Å². The average Bonchev–Trinajstić information content (AvgIpc) is 2.60. The quantitative estimate of drug-likeness (QED) is 0.383. The van der Waals surface area contributed by atoms with Crippen LogP contribution in [0.2, 0.25) is 0 Å². The van der Waals surface area contributed by atoms with Crippen LogP contribution in [0.3, 0.4) is 0 Å². The Morgan fingerprint density at radius 1 is 1.20 bits per heavy atom. The molecule has 0 saturated carbocycles. The SMILES string of the molecule is CCOc1ccc(Nc2ncnc(NCCCOC)c2[N+](=O)[O-])cc1. The summed E-state index contributed by atoms with van der Waals surface area (Å²) in [5.74, 6) is 1.02. The first kappa shape index (κ1) is 18.4. The van der Waals surface area contributed by atoms with E-state index in [1.54, 1.807) is 31.4 Å². The van der Waals surface area contributed by atoms with Gasteiger partial charge in [-0.15, -0.1) is 0 Å². The zero-order chi connectivity index (χ0) is 18.1. The molecule has 0 aliphatic carbocycles. The smallest absolute Gasteiger partial charge is 0.353 e. The second-order valence-electron chi connectivity index (χ2n) is 5.03. The second kappa shape index (κ2) is 9.38. The van der Waals surface area contributed by atoms with Crippen molar-refractivity contribution < 1.29 is 14.4 Å². The molecule has 0 aliphatic heterocycles. The van der Waals surface area contributed by atoms with E-state index in [1.807, 2.05) is 6.92 Å². The molecule has 9 nitrogen and oxygen atoms in total. The summed E-state index contributed by atoms with van der Waals surface area (Å²) in [7, 11) is 1.60. The molecule has 1 aromatic heterocycles. The molecule has 9 heteroatoms. The highest BCUT2D eigenvalue weighted by molar-refractivity contribution is 5.73. The Labute approximate surface area is 145 Å². The van der Waals surface area contributed by atoms with Gasteiger partial charge in [0.2, 0.25) is 11.6 Å². The van der Waals surface area contributed by atoms with Crippen LogP contribution in [0.15, 0.2) is 30.6 Å². The molecule has 0 fully saturated rings. The molecule has 25 heavy (non-hydrogen) atoms. The van der Waals surface area contributed by atoms with Crippen molar-refractivity contribution in [3.63, 3.8) is 0 Å². The number of nitrogens with zero attached hydrogens (tertiary/aromatic N) is 3. The minimum absolute atomic E-state index is 0.124. The van der Waals surface area contributed by atoms with E-state index in [1.165, 1.54) is 6.33 Å². The summed E-state index contributed by atoms with van der Waals surface area (Å²) in [5.41, 5.74) is 0.462. The molecule has 0 spiro atoms. The third kappa shape index (κ3) is 5.28. The molecule has 0 unspecified atom stereocenters. The lowest BCUT2D eigenvalue weighted by Crippen LogP contribution is -2.10. The third-order valence-electron chi connectivity index (χ3n) is 3.25. The van der Waals surface area contributed by atoms with Gasteiger partial charge in [-0.05, 0) is 37.6 Å². The van der Waals surface area contributed by atoms with Crippen molar-refractivity contribution in [2.75, 3.05) is 37.5 Å². The van der Waals surface area contributed by atoms with Gasteiger partial charge in [0.05, 0.1) is 11.5 Å². The maximum atomic E-state index is 11.5. The Morgan fingerprint density at radius 2 is 1.92 bits per heavy atom. The Kier molecular flexibility index (Phi) is 6.90. The summed E-state index contributed by atoms with van der Waals surface area (Å²) in [4.78, 5) is 18.9. The summed E-state index contributed by atoms with van der Waals surface area (Å²) in [6.45, 7) is 3.54. The number of ether oxygens (including phenoxy) is 2. The average molecular weight is 347 g/mol. The largest absolute Gasteiger partial charge is 0.494 e. The van der Waals surface area contributed by atoms with Crippen LogP contribution in [0.25, 0.3) is 0 Å². The third-order valence-corrected chi connectivity index (χ3v) is 3.25. The maximum absolute atomic E-state index is 11.5. The van der Waals surface area contributed by atoms with Gasteiger partial charge < -0.3 is 20.1 Å². The molecule has 0 bridgehead atoms. The summed E-state index contributed by atoms with van der Waals surface area (Å²) < 4.78 is 10.3. The van der Waals surface area contributed by atoms with Crippen LogP contribution >= 0.6 is 0 Å². The molecular formula is C16H21N5O4. The van der Waals surface area contributed by atoms with Gasteiger partial charge in [-0.1, -0.05) is 0 Å². The summed E-state index contributed by atoms with van der Waals surface area (Å²) in [6, 6.07) is 7.09. The number of aromatic nitrogens is 2. The van der Waals surface area contributed by atoms with E-state index in [9.17, 15) is 10.1 Å². The molecule has 1 heterocycles. The number of benzene rings is 1. The van der Waals surface area contributed by atoms with Crippen molar-refractivity contribution in [1.82, 2.24) is 9.97 Å². The molecule has 0 aliphatic rings. The van der Waals surface area contributed by atoms with Crippen molar-refractivity contribution >= 4 is 23.0 Å². The molecule has 0 saturated heterocycles.